The van der Waals surface area contributed by atoms with Crippen LogP contribution in [-0.2, 0) is 0 Å². The number of aryl methyl sites for hydroxylation is 1. The monoisotopic (exact) mass is 278 g/mol. The third-order valence-corrected chi connectivity index (χ3v) is 4.46. The van der Waals surface area contributed by atoms with Gasteiger partial charge in [0.2, 0.25) is 0 Å². The zero-order valence-corrected chi connectivity index (χ0v) is 12.0. The van der Waals surface area contributed by atoms with Gasteiger partial charge in [0.1, 0.15) is 17.4 Å². The summed E-state index contributed by atoms with van der Waals surface area (Å²) in [4.78, 5) is 0. The summed E-state index contributed by atoms with van der Waals surface area (Å²) in [7, 11) is 0. The zero-order chi connectivity index (χ0) is 14.4. The van der Waals surface area contributed by atoms with Gasteiger partial charge >= 0.3 is 0 Å². The van der Waals surface area contributed by atoms with Crippen molar-refractivity contribution in [3.8, 4) is 0 Å². The fourth-order valence-corrected chi connectivity index (χ4v) is 3.19. The summed E-state index contributed by atoms with van der Waals surface area (Å²) < 4.78 is 5.82. The second-order valence-electron chi connectivity index (χ2n) is 6.05. The summed E-state index contributed by atoms with van der Waals surface area (Å²) in [5.41, 5.74) is 3.37. The van der Waals surface area contributed by atoms with E-state index in [1.807, 2.05) is 24.3 Å². The van der Waals surface area contributed by atoms with Crippen molar-refractivity contribution >= 4 is 11.0 Å². The standard InChI is InChI=1S/C19H18O2/c1-12-7-8-17-14(9-12)10-18(21-17)19(20)16-11-15(16)13-5-3-2-4-6-13/h2-10,15-16,19-20H,11H2,1H3. The van der Waals surface area contributed by atoms with Gasteiger partial charge in [0.25, 0.3) is 0 Å². The first kappa shape index (κ1) is 12.7. The molecule has 1 heterocycles. The molecule has 3 aromatic rings. The van der Waals surface area contributed by atoms with Crippen molar-refractivity contribution in [2.24, 2.45) is 5.92 Å². The highest BCUT2D eigenvalue weighted by atomic mass is 16.4. The molecule has 2 heteroatoms. The van der Waals surface area contributed by atoms with Gasteiger partial charge in [0, 0.05) is 5.39 Å². The molecule has 1 aliphatic rings. The van der Waals surface area contributed by atoms with Gasteiger partial charge in [-0.05, 0) is 48.9 Å². The molecule has 2 aromatic carbocycles. The first-order chi connectivity index (χ1) is 10.2. The maximum atomic E-state index is 10.6. The Kier molecular flexibility index (Phi) is 2.86. The third-order valence-electron chi connectivity index (χ3n) is 4.46. The number of rotatable bonds is 3. The second-order valence-corrected chi connectivity index (χ2v) is 6.05. The van der Waals surface area contributed by atoms with E-state index in [0.29, 0.717) is 11.7 Å². The minimum absolute atomic E-state index is 0.272. The molecule has 0 amide bonds. The lowest BCUT2D eigenvalue weighted by molar-refractivity contribution is 0.127. The highest BCUT2D eigenvalue weighted by molar-refractivity contribution is 5.78. The maximum Gasteiger partial charge on any atom is 0.134 e. The number of aliphatic hydroxyl groups is 1. The van der Waals surface area contributed by atoms with Crippen LogP contribution in [0.3, 0.4) is 0 Å². The minimum Gasteiger partial charge on any atom is -0.458 e. The molecule has 4 rings (SSSR count). The van der Waals surface area contributed by atoms with Crippen LogP contribution in [-0.4, -0.2) is 5.11 Å². The fraction of sp³-hybridized carbons (Fsp3) is 0.263. The highest BCUT2D eigenvalue weighted by Gasteiger charge is 2.44. The van der Waals surface area contributed by atoms with Gasteiger partial charge in [-0.3, -0.25) is 0 Å². The number of fused-ring (bicyclic) bond motifs is 1. The summed E-state index contributed by atoms with van der Waals surface area (Å²) in [5, 5.41) is 11.6. The summed E-state index contributed by atoms with van der Waals surface area (Å²) in [6, 6.07) is 18.5. The van der Waals surface area contributed by atoms with E-state index in [-0.39, 0.29) is 5.92 Å². The first-order valence-corrected chi connectivity index (χ1v) is 7.45. The van der Waals surface area contributed by atoms with Crippen LogP contribution >= 0.6 is 0 Å². The van der Waals surface area contributed by atoms with E-state index < -0.39 is 6.10 Å². The Morgan fingerprint density at radius 2 is 1.90 bits per heavy atom. The number of furan rings is 1. The molecule has 0 bridgehead atoms. The molecule has 0 saturated heterocycles. The average molecular weight is 278 g/mol. The Morgan fingerprint density at radius 3 is 2.71 bits per heavy atom. The molecule has 1 fully saturated rings. The molecule has 106 valence electrons. The van der Waals surface area contributed by atoms with E-state index in [4.69, 9.17) is 4.42 Å². The van der Waals surface area contributed by atoms with Crippen molar-refractivity contribution in [1.29, 1.82) is 0 Å². The summed E-state index contributed by atoms with van der Waals surface area (Å²) in [6.07, 6.45) is 0.518. The van der Waals surface area contributed by atoms with Crippen LogP contribution in [0.5, 0.6) is 0 Å². The van der Waals surface area contributed by atoms with Gasteiger partial charge in [0.15, 0.2) is 0 Å². The van der Waals surface area contributed by atoms with E-state index >= 15 is 0 Å². The van der Waals surface area contributed by atoms with E-state index in [9.17, 15) is 5.11 Å². The lowest BCUT2D eigenvalue weighted by atomic mass is 10.1. The Labute approximate surface area is 124 Å². The molecule has 21 heavy (non-hydrogen) atoms. The molecule has 3 unspecified atom stereocenters. The predicted molar refractivity (Wildman–Crippen MR) is 83.2 cm³/mol. The summed E-state index contributed by atoms with van der Waals surface area (Å²) >= 11 is 0. The van der Waals surface area contributed by atoms with E-state index in [1.165, 1.54) is 11.1 Å². The van der Waals surface area contributed by atoms with Gasteiger partial charge in [-0.25, -0.2) is 0 Å². The van der Waals surface area contributed by atoms with Crippen molar-refractivity contribution in [2.75, 3.05) is 0 Å². The highest BCUT2D eigenvalue weighted by Crippen LogP contribution is 2.54. The number of aliphatic hydroxyl groups excluding tert-OH is 1. The SMILES string of the molecule is Cc1ccc2oc(C(O)C3CC3c3ccccc3)cc2c1. The second kappa shape index (κ2) is 4.74. The summed E-state index contributed by atoms with van der Waals surface area (Å²) in [6.45, 7) is 2.06. The Bertz CT molecular complexity index is 773. The lowest BCUT2D eigenvalue weighted by Gasteiger charge is -2.07. The van der Waals surface area contributed by atoms with Crippen molar-refractivity contribution in [3.05, 3.63) is 71.5 Å². The van der Waals surface area contributed by atoms with Crippen molar-refractivity contribution in [1.82, 2.24) is 0 Å². The van der Waals surface area contributed by atoms with Crippen LogP contribution in [0.2, 0.25) is 0 Å². The van der Waals surface area contributed by atoms with E-state index in [1.54, 1.807) is 0 Å². The van der Waals surface area contributed by atoms with Crippen LogP contribution in [0.25, 0.3) is 11.0 Å². The first-order valence-electron chi connectivity index (χ1n) is 7.45. The smallest absolute Gasteiger partial charge is 0.134 e. The van der Waals surface area contributed by atoms with Crippen molar-refractivity contribution in [3.63, 3.8) is 0 Å². The van der Waals surface area contributed by atoms with Gasteiger partial charge in [-0.1, -0.05) is 42.0 Å². The fourth-order valence-electron chi connectivity index (χ4n) is 3.19. The molecule has 0 aliphatic heterocycles. The molecule has 1 aromatic heterocycles. The Balaban J connectivity index is 1.58. The van der Waals surface area contributed by atoms with Gasteiger partial charge in [-0.15, -0.1) is 0 Å². The van der Waals surface area contributed by atoms with Crippen LogP contribution in [0.4, 0.5) is 0 Å². The minimum atomic E-state index is -0.511. The van der Waals surface area contributed by atoms with E-state index in [2.05, 4.69) is 37.3 Å². The largest absolute Gasteiger partial charge is 0.458 e. The molecule has 1 aliphatic carbocycles. The van der Waals surface area contributed by atoms with Gasteiger partial charge in [0.05, 0.1) is 0 Å². The molecule has 0 spiro atoms. The Hall–Kier alpha value is -2.06. The predicted octanol–water partition coefficient (Wildman–Crippen LogP) is 4.58. The molecular formula is C19H18O2. The number of benzene rings is 2. The van der Waals surface area contributed by atoms with Crippen LogP contribution < -0.4 is 0 Å². The molecule has 1 saturated carbocycles. The average Bonchev–Trinajstić information content (AvgIpc) is 3.20. The van der Waals surface area contributed by atoms with E-state index in [0.717, 1.165) is 17.4 Å². The number of hydrogen-bond acceptors (Lipinski definition) is 2. The third kappa shape index (κ3) is 2.26. The number of hydrogen-bond donors (Lipinski definition) is 1. The lowest BCUT2D eigenvalue weighted by Crippen LogP contribution is -1.99. The molecule has 3 atom stereocenters. The quantitative estimate of drug-likeness (QED) is 0.760. The zero-order valence-electron chi connectivity index (χ0n) is 12.0. The molecule has 2 nitrogen and oxygen atoms in total. The van der Waals surface area contributed by atoms with Crippen molar-refractivity contribution in [2.45, 2.75) is 25.4 Å². The van der Waals surface area contributed by atoms with Gasteiger partial charge < -0.3 is 9.52 Å². The van der Waals surface area contributed by atoms with Crippen LogP contribution in [0.1, 0.15) is 35.3 Å². The molecule has 1 N–H and O–H groups in total. The van der Waals surface area contributed by atoms with Crippen LogP contribution in [0.15, 0.2) is 59.0 Å². The van der Waals surface area contributed by atoms with Gasteiger partial charge in [-0.2, -0.15) is 0 Å². The maximum absolute atomic E-state index is 10.6. The topological polar surface area (TPSA) is 33.4 Å². The Morgan fingerprint density at radius 1 is 1.10 bits per heavy atom. The molecular weight excluding hydrogens is 260 g/mol. The molecule has 0 radical (unpaired) electrons. The van der Waals surface area contributed by atoms with Crippen molar-refractivity contribution < 1.29 is 9.52 Å². The normalized spacial score (nSPS) is 22.4. The van der Waals surface area contributed by atoms with Crippen LogP contribution in [0, 0.1) is 12.8 Å². The summed E-state index contributed by atoms with van der Waals surface area (Å²) in [5.74, 6) is 1.42.